The van der Waals surface area contributed by atoms with E-state index in [1.54, 1.807) is 24.3 Å². The number of hydrazine groups is 1. The highest BCUT2D eigenvalue weighted by Crippen LogP contribution is 2.03. The minimum absolute atomic E-state index is 0.305. The topological polar surface area (TPSA) is 81.1 Å². The summed E-state index contributed by atoms with van der Waals surface area (Å²) < 4.78 is 0. The number of rotatable bonds is 2. The van der Waals surface area contributed by atoms with E-state index in [1.165, 1.54) is 0 Å². The Morgan fingerprint density at radius 1 is 1.23 bits per heavy atom. The van der Waals surface area contributed by atoms with Crippen molar-refractivity contribution in [1.29, 1.82) is 0 Å². The highest BCUT2D eigenvalue weighted by Gasteiger charge is 2.02. The molecule has 0 aliphatic heterocycles. The molecule has 5 N–H and O–H groups in total. The van der Waals surface area contributed by atoms with Crippen LogP contribution in [0.5, 0.6) is 0 Å². The lowest BCUT2D eigenvalue weighted by Crippen LogP contribution is -2.29. The summed E-state index contributed by atoms with van der Waals surface area (Å²) >= 11 is 4.75. The van der Waals surface area contributed by atoms with Gasteiger partial charge < -0.3 is 5.73 Å². The van der Waals surface area contributed by atoms with Crippen molar-refractivity contribution in [3.63, 3.8) is 0 Å². The first-order chi connectivity index (χ1) is 6.15. The molecule has 1 amide bonds. The lowest BCUT2D eigenvalue weighted by molar-refractivity contribution is 0.0953. The largest absolute Gasteiger partial charge is 0.389 e. The fourth-order valence-corrected chi connectivity index (χ4v) is 1.01. The molecule has 0 aromatic heterocycles. The molecule has 0 aliphatic carbocycles. The maximum Gasteiger partial charge on any atom is 0.265 e. The van der Waals surface area contributed by atoms with Gasteiger partial charge in [0.2, 0.25) is 0 Å². The van der Waals surface area contributed by atoms with Crippen molar-refractivity contribution in [3.8, 4) is 0 Å². The fraction of sp³-hybridized carbons (Fsp3) is 0. The van der Waals surface area contributed by atoms with E-state index in [1.807, 2.05) is 5.43 Å². The second kappa shape index (κ2) is 3.97. The zero-order valence-corrected chi connectivity index (χ0v) is 7.60. The Morgan fingerprint density at radius 3 is 2.08 bits per heavy atom. The van der Waals surface area contributed by atoms with Crippen LogP contribution >= 0.6 is 12.2 Å². The number of carbonyl (C=O) groups excluding carboxylic acids is 1. The van der Waals surface area contributed by atoms with E-state index in [0.717, 1.165) is 5.56 Å². The van der Waals surface area contributed by atoms with E-state index < -0.39 is 0 Å². The summed E-state index contributed by atoms with van der Waals surface area (Å²) in [5.74, 6) is 4.61. The molecule has 1 rings (SSSR count). The molecule has 0 saturated carbocycles. The van der Waals surface area contributed by atoms with Crippen LogP contribution in [-0.4, -0.2) is 10.9 Å². The van der Waals surface area contributed by atoms with Gasteiger partial charge in [-0.2, -0.15) is 0 Å². The van der Waals surface area contributed by atoms with Gasteiger partial charge in [0.1, 0.15) is 4.99 Å². The van der Waals surface area contributed by atoms with Crippen LogP contribution in [0.4, 0.5) is 0 Å². The number of carbonyl (C=O) groups is 1. The third kappa shape index (κ3) is 2.24. The molecule has 0 saturated heterocycles. The second-order valence-corrected chi connectivity index (χ2v) is 2.85. The van der Waals surface area contributed by atoms with Gasteiger partial charge in [-0.25, -0.2) is 5.84 Å². The van der Waals surface area contributed by atoms with Gasteiger partial charge in [-0.3, -0.25) is 10.2 Å². The summed E-state index contributed by atoms with van der Waals surface area (Å²) in [7, 11) is 0. The van der Waals surface area contributed by atoms with Crippen molar-refractivity contribution >= 4 is 23.1 Å². The number of hydrogen-bond acceptors (Lipinski definition) is 3. The van der Waals surface area contributed by atoms with Crippen molar-refractivity contribution in [1.82, 2.24) is 5.43 Å². The molecule has 0 spiro atoms. The zero-order chi connectivity index (χ0) is 9.84. The first-order valence-corrected chi connectivity index (χ1v) is 3.97. The Labute approximate surface area is 80.9 Å². The van der Waals surface area contributed by atoms with Crippen molar-refractivity contribution in [3.05, 3.63) is 35.4 Å². The van der Waals surface area contributed by atoms with Crippen LogP contribution in [0.1, 0.15) is 15.9 Å². The summed E-state index contributed by atoms with van der Waals surface area (Å²) in [6.07, 6.45) is 0. The Hall–Kier alpha value is -1.46. The normalized spacial score (nSPS) is 9.31. The number of nitrogens with one attached hydrogen (secondary N) is 1. The number of nitrogens with two attached hydrogens (primary N) is 2. The predicted molar refractivity (Wildman–Crippen MR) is 54.0 cm³/mol. The fourth-order valence-electron chi connectivity index (χ4n) is 0.869. The molecule has 1 aromatic carbocycles. The molecule has 1 aromatic rings. The van der Waals surface area contributed by atoms with Gasteiger partial charge in [0.15, 0.2) is 0 Å². The average Bonchev–Trinajstić information content (AvgIpc) is 2.17. The van der Waals surface area contributed by atoms with Gasteiger partial charge in [0.25, 0.3) is 5.91 Å². The van der Waals surface area contributed by atoms with Crippen LogP contribution in [-0.2, 0) is 0 Å². The van der Waals surface area contributed by atoms with E-state index in [-0.39, 0.29) is 5.91 Å². The molecule has 0 bridgehead atoms. The molecule has 0 radical (unpaired) electrons. The van der Waals surface area contributed by atoms with Crippen LogP contribution in [0.15, 0.2) is 24.3 Å². The smallest absolute Gasteiger partial charge is 0.265 e. The molecule has 0 fully saturated rings. The Balaban J connectivity index is 2.93. The summed E-state index contributed by atoms with van der Waals surface area (Å²) in [6, 6.07) is 6.56. The Bertz CT molecular complexity index is 334. The highest BCUT2D eigenvalue weighted by atomic mass is 32.1. The van der Waals surface area contributed by atoms with Crippen LogP contribution in [0, 0.1) is 0 Å². The third-order valence-electron chi connectivity index (χ3n) is 1.56. The summed E-state index contributed by atoms with van der Waals surface area (Å²) in [5, 5.41) is 0. The summed E-state index contributed by atoms with van der Waals surface area (Å²) in [6.45, 7) is 0. The number of thiocarbonyl (C=S) groups is 1. The maximum absolute atomic E-state index is 11.0. The highest BCUT2D eigenvalue weighted by molar-refractivity contribution is 7.80. The minimum Gasteiger partial charge on any atom is -0.389 e. The third-order valence-corrected chi connectivity index (χ3v) is 1.80. The van der Waals surface area contributed by atoms with Crippen molar-refractivity contribution in [2.24, 2.45) is 11.6 Å². The lowest BCUT2D eigenvalue weighted by Gasteiger charge is -2.00. The number of hydrogen-bond donors (Lipinski definition) is 3. The molecule has 0 atom stereocenters. The van der Waals surface area contributed by atoms with E-state index in [4.69, 9.17) is 23.8 Å². The quantitative estimate of drug-likeness (QED) is 0.267. The van der Waals surface area contributed by atoms with Gasteiger partial charge in [-0.15, -0.1) is 0 Å². The van der Waals surface area contributed by atoms with Crippen LogP contribution in [0.25, 0.3) is 0 Å². The molecule has 13 heavy (non-hydrogen) atoms. The van der Waals surface area contributed by atoms with E-state index >= 15 is 0 Å². The van der Waals surface area contributed by atoms with Gasteiger partial charge in [-0.1, -0.05) is 24.4 Å². The second-order valence-electron chi connectivity index (χ2n) is 2.42. The van der Waals surface area contributed by atoms with Gasteiger partial charge >= 0.3 is 0 Å². The molecule has 0 heterocycles. The van der Waals surface area contributed by atoms with Crippen molar-refractivity contribution in [2.45, 2.75) is 0 Å². The number of nitrogen functional groups attached to an aromatic ring is 1. The number of amides is 1. The molecule has 4 nitrogen and oxygen atoms in total. The van der Waals surface area contributed by atoms with E-state index in [0.29, 0.717) is 10.6 Å². The Morgan fingerprint density at radius 2 is 1.69 bits per heavy atom. The molecular weight excluding hydrogens is 186 g/mol. The van der Waals surface area contributed by atoms with Crippen molar-refractivity contribution in [2.75, 3.05) is 0 Å². The average molecular weight is 195 g/mol. The standard InChI is InChI=1S/C8H9N3OS/c9-7(13)5-1-3-6(4-2-5)8(12)11-10/h1-4H,10H2,(H2,9,13)(H,11,12). The first kappa shape index (κ1) is 9.63. The minimum atomic E-state index is -0.338. The molecule has 0 aliphatic rings. The van der Waals surface area contributed by atoms with Crippen LogP contribution < -0.4 is 17.0 Å². The molecule has 68 valence electrons. The lowest BCUT2D eigenvalue weighted by atomic mass is 10.1. The van der Waals surface area contributed by atoms with Gasteiger partial charge in [-0.05, 0) is 12.1 Å². The Kier molecular flexibility index (Phi) is 2.94. The zero-order valence-electron chi connectivity index (χ0n) is 6.78. The summed E-state index contributed by atoms with van der Waals surface area (Å²) in [5.41, 5.74) is 8.61. The SMILES string of the molecule is NNC(=O)c1ccc(C(N)=S)cc1. The molecule has 0 unspecified atom stereocenters. The van der Waals surface area contributed by atoms with E-state index in [2.05, 4.69) is 0 Å². The predicted octanol–water partition coefficient (Wildman–Crippen LogP) is -0.0757. The summed E-state index contributed by atoms with van der Waals surface area (Å²) in [4.78, 5) is 11.3. The number of benzene rings is 1. The van der Waals surface area contributed by atoms with Crippen LogP contribution in [0.3, 0.4) is 0 Å². The van der Waals surface area contributed by atoms with Crippen LogP contribution in [0.2, 0.25) is 0 Å². The first-order valence-electron chi connectivity index (χ1n) is 3.56. The van der Waals surface area contributed by atoms with Crippen molar-refractivity contribution < 1.29 is 4.79 Å². The van der Waals surface area contributed by atoms with E-state index in [9.17, 15) is 4.79 Å². The monoisotopic (exact) mass is 195 g/mol. The van der Waals surface area contributed by atoms with Gasteiger partial charge in [0.05, 0.1) is 0 Å². The maximum atomic E-state index is 11.0. The molecule has 5 heteroatoms. The molecular formula is C8H9N3OS. The van der Waals surface area contributed by atoms with Gasteiger partial charge in [0, 0.05) is 11.1 Å².